The van der Waals surface area contributed by atoms with E-state index in [1.54, 1.807) is 17.0 Å². The predicted molar refractivity (Wildman–Crippen MR) is 96.3 cm³/mol. The number of nitriles is 1. The van der Waals surface area contributed by atoms with E-state index in [2.05, 4.69) is 19.9 Å². The molecule has 2 unspecified atom stereocenters. The van der Waals surface area contributed by atoms with E-state index in [-0.39, 0.29) is 17.7 Å². The summed E-state index contributed by atoms with van der Waals surface area (Å²) in [5.41, 5.74) is 2.74. The molecule has 2 atom stereocenters. The summed E-state index contributed by atoms with van der Waals surface area (Å²) in [6.45, 7) is 4.80. The lowest BCUT2D eigenvalue weighted by Gasteiger charge is -2.28. The molecule has 3 nitrogen and oxygen atoms in total. The fourth-order valence-corrected chi connectivity index (χ4v) is 2.88. The van der Waals surface area contributed by atoms with Gasteiger partial charge in [-0.25, -0.2) is 0 Å². The lowest BCUT2D eigenvalue weighted by Crippen LogP contribution is -2.34. The Bertz CT molecular complexity index is 701. The molecule has 0 aliphatic heterocycles. The largest absolute Gasteiger partial charge is 0.341 e. The molecule has 0 aliphatic rings. The van der Waals surface area contributed by atoms with E-state index in [1.165, 1.54) is 0 Å². The monoisotopic (exact) mass is 320 g/mol. The van der Waals surface area contributed by atoms with Gasteiger partial charge >= 0.3 is 0 Å². The second-order valence-electron chi connectivity index (χ2n) is 6.28. The van der Waals surface area contributed by atoms with Gasteiger partial charge in [0.1, 0.15) is 0 Å². The second kappa shape index (κ2) is 8.31. The minimum absolute atomic E-state index is 0.125. The molecule has 0 N–H and O–H groups in total. The standard InChI is InChI=1S/C21H24N2O/c1-4-16(2)20(19-8-6-5-7-9-19)21(24)23(3)15-18-12-10-17(14-22)11-13-18/h5-13,16,20H,4,15H2,1-3H3. The topological polar surface area (TPSA) is 44.1 Å². The number of hydrogen-bond donors (Lipinski definition) is 0. The number of hydrogen-bond acceptors (Lipinski definition) is 2. The average molecular weight is 320 g/mol. The van der Waals surface area contributed by atoms with Crippen LogP contribution in [-0.2, 0) is 11.3 Å². The molecule has 0 aromatic heterocycles. The van der Waals surface area contributed by atoms with Crippen LogP contribution in [0.15, 0.2) is 54.6 Å². The molecular weight excluding hydrogens is 296 g/mol. The van der Waals surface area contributed by atoms with Gasteiger partial charge in [0, 0.05) is 13.6 Å². The van der Waals surface area contributed by atoms with Gasteiger partial charge in [-0.15, -0.1) is 0 Å². The van der Waals surface area contributed by atoms with Crippen molar-refractivity contribution in [3.05, 3.63) is 71.3 Å². The van der Waals surface area contributed by atoms with Crippen molar-refractivity contribution < 1.29 is 4.79 Å². The van der Waals surface area contributed by atoms with Crippen molar-refractivity contribution in [1.29, 1.82) is 5.26 Å². The first kappa shape index (κ1) is 17.7. The van der Waals surface area contributed by atoms with Gasteiger partial charge in [-0.3, -0.25) is 4.79 Å². The highest BCUT2D eigenvalue weighted by Gasteiger charge is 2.28. The number of rotatable bonds is 6. The normalized spacial score (nSPS) is 12.9. The zero-order chi connectivity index (χ0) is 17.5. The molecule has 0 spiro atoms. The third-order valence-electron chi connectivity index (χ3n) is 4.52. The molecule has 0 fully saturated rings. The molecular formula is C21H24N2O. The number of carbonyl (C=O) groups excluding carboxylic acids is 1. The first-order valence-electron chi connectivity index (χ1n) is 8.35. The summed E-state index contributed by atoms with van der Waals surface area (Å²) >= 11 is 0. The van der Waals surface area contributed by atoms with E-state index in [4.69, 9.17) is 5.26 Å². The molecule has 0 heterocycles. The summed E-state index contributed by atoms with van der Waals surface area (Å²) in [5.74, 6) is 0.294. The Balaban J connectivity index is 2.17. The third kappa shape index (κ3) is 4.23. The maximum atomic E-state index is 13.0. The Morgan fingerprint density at radius 2 is 1.75 bits per heavy atom. The Kier molecular flexibility index (Phi) is 6.14. The highest BCUT2D eigenvalue weighted by atomic mass is 16.2. The average Bonchev–Trinajstić information content (AvgIpc) is 2.63. The van der Waals surface area contributed by atoms with Crippen LogP contribution in [0, 0.1) is 17.2 Å². The Labute approximate surface area is 144 Å². The lowest BCUT2D eigenvalue weighted by molar-refractivity contribution is -0.133. The molecule has 24 heavy (non-hydrogen) atoms. The van der Waals surface area contributed by atoms with E-state index in [0.717, 1.165) is 17.5 Å². The first-order chi connectivity index (χ1) is 11.6. The van der Waals surface area contributed by atoms with Gasteiger partial charge in [0.05, 0.1) is 17.6 Å². The van der Waals surface area contributed by atoms with E-state index >= 15 is 0 Å². The molecule has 2 rings (SSSR count). The quantitative estimate of drug-likeness (QED) is 0.794. The predicted octanol–water partition coefficient (Wildman–Crippen LogP) is 4.35. The van der Waals surface area contributed by atoms with Crippen LogP contribution in [0.1, 0.15) is 42.9 Å². The second-order valence-corrected chi connectivity index (χ2v) is 6.28. The highest BCUT2D eigenvalue weighted by molar-refractivity contribution is 5.83. The molecule has 124 valence electrons. The molecule has 0 radical (unpaired) electrons. The van der Waals surface area contributed by atoms with Crippen LogP contribution >= 0.6 is 0 Å². The van der Waals surface area contributed by atoms with Gasteiger partial charge in [-0.2, -0.15) is 5.26 Å². The molecule has 0 saturated heterocycles. The van der Waals surface area contributed by atoms with Crippen molar-refractivity contribution in [1.82, 2.24) is 4.90 Å². The third-order valence-corrected chi connectivity index (χ3v) is 4.52. The Morgan fingerprint density at radius 1 is 1.12 bits per heavy atom. The van der Waals surface area contributed by atoms with Crippen LogP contribution < -0.4 is 0 Å². The molecule has 2 aromatic carbocycles. The molecule has 0 bridgehead atoms. The molecule has 0 saturated carbocycles. The van der Waals surface area contributed by atoms with E-state index in [9.17, 15) is 4.79 Å². The van der Waals surface area contributed by atoms with Crippen molar-refractivity contribution in [2.75, 3.05) is 7.05 Å². The van der Waals surface area contributed by atoms with Crippen molar-refractivity contribution >= 4 is 5.91 Å². The lowest BCUT2D eigenvalue weighted by atomic mass is 9.84. The van der Waals surface area contributed by atoms with E-state index in [1.807, 2.05) is 49.5 Å². The molecule has 0 aliphatic carbocycles. The van der Waals surface area contributed by atoms with Crippen molar-refractivity contribution in [3.8, 4) is 6.07 Å². The maximum absolute atomic E-state index is 13.0. The summed E-state index contributed by atoms with van der Waals surface area (Å²) in [4.78, 5) is 14.8. The molecule has 1 amide bonds. The molecule has 2 aromatic rings. The van der Waals surface area contributed by atoms with Crippen molar-refractivity contribution in [2.24, 2.45) is 5.92 Å². The van der Waals surface area contributed by atoms with Crippen LogP contribution in [-0.4, -0.2) is 17.9 Å². The van der Waals surface area contributed by atoms with Gasteiger partial charge in [0.25, 0.3) is 0 Å². The van der Waals surface area contributed by atoms with E-state index in [0.29, 0.717) is 12.1 Å². The van der Waals surface area contributed by atoms with Crippen molar-refractivity contribution in [3.63, 3.8) is 0 Å². The maximum Gasteiger partial charge on any atom is 0.230 e. The Hall–Kier alpha value is -2.60. The smallest absolute Gasteiger partial charge is 0.230 e. The van der Waals surface area contributed by atoms with Gasteiger partial charge in [-0.05, 0) is 29.2 Å². The van der Waals surface area contributed by atoms with Crippen LogP contribution in [0.3, 0.4) is 0 Å². The van der Waals surface area contributed by atoms with Crippen LogP contribution in [0.2, 0.25) is 0 Å². The number of benzene rings is 2. The summed E-state index contributed by atoms with van der Waals surface area (Å²) in [6.07, 6.45) is 0.954. The SMILES string of the molecule is CCC(C)C(C(=O)N(C)Cc1ccc(C#N)cc1)c1ccccc1. The van der Waals surface area contributed by atoms with Gasteiger partial charge in [-0.1, -0.05) is 62.7 Å². The van der Waals surface area contributed by atoms with E-state index < -0.39 is 0 Å². The van der Waals surface area contributed by atoms with Crippen LogP contribution in [0.25, 0.3) is 0 Å². The number of likely N-dealkylation sites (N-methyl/N-ethyl adjacent to an activating group) is 1. The highest BCUT2D eigenvalue weighted by Crippen LogP contribution is 2.29. The number of amides is 1. The summed E-state index contributed by atoms with van der Waals surface area (Å²) in [7, 11) is 1.85. The zero-order valence-electron chi connectivity index (χ0n) is 14.6. The summed E-state index contributed by atoms with van der Waals surface area (Å²) in [5, 5.41) is 8.87. The summed E-state index contributed by atoms with van der Waals surface area (Å²) < 4.78 is 0. The number of nitrogens with zero attached hydrogens (tertiary/aromatic N) is 2. The summed E-state index contributed by atoms with van der Waals surface area (Å²) in [6, 6.07) is 19.5. The Morgan fingerprint density at radius 3 is 2.29 bits per heavy atom. The zero-order valence-corrected chi connectivity index (χ0v) is 14.6. The minimum atomic E-state index is -0.125. The number of carbonyl (C=O) groups is 1. The van der Waals surface area contributed by atoms with Crippen LogP contribution in [0.4, 0.5) is 0 Å². The fourth-order valence-electron chi connectivity index (χ4n) is 2.88. The van der Waals surface area contributed by atoms with Crippen molar-refractivity contribution in [2.45, 2.75) is 32.7 Å². The van der Waals surface area contributed by atoms with Gasteiger partial charge in [0.15, 0.2) is 0 Å². The minimum Gasteiger partial charge on any atom is -0.341 e. The first-order valence-corrected chi connectivity index (χ1v) is 8.35. The molecule has 3 heteroatoms. The fraction of sp³-hybridized carbons (Fsp3) is 0.333. The van der Waals surface area contributed by atoms with Crippen LogP contribution in [0.5, 0.6) is 0 Å². The van der Waals surface area contributed by atoms with Gasteiger partial charge in [0.2, 0.25) is 5.91 Å². The van der Waals surface area contributed by atoms with Gasteiger partial charge < -0.3 is 4.90 Å².